The van der Waals surface area contributed by atoms with Crippen LogP contribution in [0, 0.1) is 5.92 Å². The molecule has 0 radical (unpaired) electrons. The smallest absolute Gasteiger partial charge is 0.249 e. The fourth-order valence-electron chi connectivity index (χ4n) is 2.99. The average Bonchev–Trinajstić information content (AvgIpc) is 2.94. The summed E-state index contributed by atoms with van der Waals surface area (Å²) in [5.41, 5.74) is 5.55. The first-order valence-electron chi connectivity index (χ1n) is 8.04. The lowest BCUT2D eigenvalue weighted by atomic mass is 9.99. The van der Waals surface area contributed by atoms with Gasteiger partial charge in [-0.05, 0) is 57.7 Å². The topological polar surface area (TPSA) is 67.6 Å². The maximum Gasteiger partial charge on any atom is 0.249 e. The number of rotatable bonds is 6. The summed E-state index contributed by atoms with van der Waals surface area (Å²) in [4.78, 5) is 14.4. The van der Waals surface area contributed by atoms with Crippen molar-refractivity contribution in [1.82, 2.24) is 10.2 Å². The minimum absolute atomic E-state index is 0. The highest BCUT2D eigenvalue weighted by Crippen LogP contribution is 2.19. The van der Waals surface area contributed by atoms with Crippen LogP contribution >= 0.6 is 24.8 Å². The molecular weight excluding hydrogens is 325 g/mol. The minimum Gasteiger partial charge on any atom is -0.364 e. The van der Waals surface area contributed by atoms with Crippen molar-refractivity contribution in [2.45, 2.75) is 51.2 Å². The zero-order chi connectivity index (χ0) is 14.4. The van der Waals surface area contributed by atoms with Crippen LogP contribution < -0.4 is 11.1 Å². The number of halogens is 2. The molecule has 7 heteroatoms. The number of piperidine rings is 1. The van der Waals surface area contributed by atoms with Crippen LogP contribution in [0.25, 0.3) is 0 Å². The third-order valence-corrected chi connectivity index (χ3v) is 4.49. The zero-order valence-electron chi connectivity index (χ0n) is 13.5. The molecule has 2 rings (SSSR count). The number of hydrogen-bond acceptors (Lipinski definition) is 4. The molecule has 132 valence electrons. The number of likely N-dealkylation sites (tertiary alicyclic amines) is 1. The van der Waals surface area contributed by atoms with Gasteiger partial charge in [0.25, 0.3) is 0 Å². The van der Waals surface area contributed by atoms with E-state index in [0.717, 1.165) is 38.3 Å². The first kappa shape index (κ1) is 21.9. The van der Waals surface area contributed by atoms with Gasteiger partial charge in [-0.1, -0.05) is 6.92 Å². The second kappa shape index (κ2) is 11.5. The van der Waals surface area contributed by atoms with E-state index in [4.69, 9.17) is 10.5 Å². The average molecular weight is 356 g/mol. The molecule has 2 heterocycles. The monoisotopic (exact) mass is 355 g/mol. The predicted octanol–water partition coefficient (Wildman–Crippen LogP) is 1.57. The molecule has 2 aliphatic heterocycles. The van der Waals surface area contributed by atoms with Crippen molar-refractivity contribution in [1.29, 1.82) is 0 Å². The summed E-state index contributed by atoms with van der Waals surface area (Å²) in [6, 6.07) is 0. The second-order valence-electron chi connectivity index (χ2n) is 6.23. The van der Waals surface area contributed by atoms with Gasteiger partial charge in [-0.2, -0.15) is 0 Å². The first-order chi connectivity index (χ1) is 9.69. The number of carbonyl (C=O) groups excluding carboxylic acids is 1. The molecule has 2 aliphatic rings. The Morgan fingerprint density at radius 1 is 1.23 bits per heavy atom. The summed E-state index contributed by atoms with van der Waals surface area (Å²) in [6.07, 6.45) is 5.14. The molecule has 0 aromatic rings. The normalized spacial score (nSPS) is 26.1. The van der Waals surface area contributed by atoms with Gasteiger partial charge in [0.1, 0.15) is 6.10 Å². The molecule has 0 spiro atoms. The van der Waals surface area contributed by atoms with Crippen LogP contribution in [0.4, 0.5) is 0 Å². The van der Waals surface area contributed by atoms with Gasteiger partial charge in [0.05, 0.1) is 6.10 Å². The molecule has 0 aromatic carbocycles. The molecule has 0 saturated carbocycles. The fourth-order valence-corrected chi connectivity index (χ4v) is 2.99. The second-order valence-corrected chi connectivity index (χ2v) is 6.23. The maximum atomic E-state index is 11.9. The summed E-state index contributed by atoms with van der Waals surface area (Å²) >= 11 is 0. The Morgan fingerprint density at radius 2 is 1.91 bits per heavy atom. The number of amides is 1. The number of hydrogen-bond donors (Lipinski definition) is 2. The molecule has 2 fully saturated rings. The van der Waals surface area contributed by atoms with Gasteiger partial charge in [-0.25, -0.2) is 0 Å². The molecule has 0 aliphatic carbocycles. The van der Waals surface area contributed by atoms with Crippen molar-refractivity contribution >= 4 is 30.7 Å². The number of carbonyl (C=O) groups is 1. The van der Waals surface area contributed by atoms with E-state index in [9.17, 15) is 4.79 Å². The van der Waals surface area contributed by atoms with Gasteiger partial charge >= 0.3 is 0 Å². The number of nitrogens with zero attached hydrogens (tertiary/aromatic N) is 1. The van der Waals surface area contributed by atoms with Crippen molar-refractivity contribution < 1.29 is 9.53 Å². The molecule has 5 nitrogen and oxygen atoms in total. The van der Waals surface area contributed by atoms with Gasteiger partial charge in [0, 0.05) is 13.1 Å². The van der Waals surface area contributed by atoms with Gasteiger partial charge in [0.2, 0.25) is 5.91 Å². The van der Waals surface area contributed by atoms with E-state index in [1.54, 1.807) is 0 Å². The van der Waals surface area contributed by atoms with Crippen LogP contribution in [0.5, 0.6) is 0 Å². The van der Waals surface area contributed by atoms with E-state index in [0.29, 0.717) is 6.54 Å². The Balaban J connectivity index is 0.00000220. The highest BCUT2D eigenvalue weighted by atomic mass is 35.5. The quantitative estimate of drug-likeness (QED) is 0.709. The minimum atomic E-state index is -0.278. The predicted molar refractivity (Wildman–Crippen MR) is 93.9 cm³/mol. The molecule has 3 N–H and O–H groups in total. The Morgan fingerprint density at radius 3 is 2.50 bits per heavy atom. The number of nitrogens with one attached hydrogen (secondary N) is 1. The molecule has 0 aromatic heterocycles. The lowest BCUT2D eigenvalue weighted by molar-refractivity contribution is -0.131. The van der Waals surface area contributed by atoms with Crippen LogP contribution in [0.15, 0.2) is 0 Å². The number of nitrogens with two attached hydrogens (primary N) is 1. The van der Waals surface area contributed by atoms with E-state index in [-0.39, 0.29) is 42.9 Å². The SMILES string of the molecule is CC1CCN(CCCNC(=O)[C@@H]2CC[C@H](CN)O2)CC1.Cl.Cl. The summed E-state index contributed by atoms with van der Waals surface area (Å²) in [7, 11) is 0. The summed E-state index contributed by atoms with van der Waals surface area (Å²) in [5.74, 6) is 0.911. The van der Waals surface area contributed by atoms with Crippen LogP contribution in [0.3, 0.4) is 0 Å². The van der Waals surface area contributed by atoms with E-state index < -0.39 is 0 Å². The molecule has 2 saturated heterocycles. The van der Waals surface area contributed by atoms with E-state index in [1.807, 2.05) is 0 Å². The van der Waals surface area contributed by atoms with Crippen molar-refractivity contribution in [3.63, 3.8) is 0 Å². The van der Waals surface area contributed by atoms with Crippen LogP contribution in [-0.4, -0.2) is 55.7 Å². The lowest BCUT2D eigenvalue weighted by Gasteiger charge is -2.30. The van der Waals surface area contributed by atoms with Gasteiger partial charge < -0.3 is 20.7 Å². The van der Waals surface area contributed by atoms with Crippen LogP contribution in [0.2, 0.25) is 0 Å². The standard InChI is InChI=1S/C15H29N3O2.2ClH/c1-12-5-9-18(10-6-12)8-2-7-17-15(19)14-4-3-13(11-16)20-14;;/h12-14H,2-11,16H2,1H3,(H,17,19);2*1H/t13-,14+;;/m1../s1. The maximum absolute atomic E-state index is 11.9. The molecule has 0 bridgehead atoms. The summed E-state index contributed by atoms with van der Waals surface area (Å²) in [5, 5.41) is 2.99. The molecule has 1 amide bonds. The van der Waals surface area contributed by atoms with Crippen LogP contribution in [-0.2, 0) is 9.53 Å². The Kier molecular flexibility index (Phi) is 11.4. The van der Waals surface area contributed by atoms with Crippen molar-refractivity contribution in [2.75, 3.05) is 32.7 Å². The van der Waals surface area contributed by atoms with Crippen molar-refractivity contribution in [2.24, 2.45) is 11.7 Å². The zero-order valence-corrected chi connectivity index (χ0v) is 15.1. The van der Waals surface area contributed by atoms with E-state index >= 15 is 0 Å². The number of ether oxygens (including phenoxy) is 1. The Hall–Kier alpha value is -0.0700. The largest absolute Gasteiger partial charge is 0.364 e. The Labute approximate surface area is 146 Å². The van der Waals surface area contributed by atoms with Crippen molar-refractivity contribution in [3.05, 3.63) is 0 Å². The fraction of sp³-hybridized carbons (Fsp3) is 0.933. The van der Waals surface area contributed by atoms with E-state index in [2.05, 4.69) is 17.1 Å². The molecular formula is C15H31Cl2N3O2. The lowest BCUT2D eigenvalue weighted by Crippen LogP contribution is -2.38. The summed E-state index contributed by atoms with van der Waals surface area (Å²) in [6.45, 7) is 7.09. The molecule has 0 unspecified atom stereocenters. The first-order valence-corrected chi connectivity index (χ1v) is 8.04. The van der Waals surface area contributed by atoms with Gasteiger partial charge in [0.15, 0.2) is 0 Å². The molecule has 22 heavy (non-hydrogen) atoms. The van der Waals surface area contributed by atoms with Crippen molar-refractivity contribution in [3.8, 4) is 0 Å². The van der Waals surface area contributed by atoms with E-state index in [1.165, 1.54) is 25.9 Å². The third kappa shape index (κ3) is 7.01. The Bertz CT molecular complexity index is 313. The van der Waals surface area contributed by atoms with Gasteiger partial charge in [-0.3, -0.25) is 4.79 Å². The summed E-state index contributed by atoms with van der Waals surface area (Å²) < 4.78 is 5.58. The molecule has 2 atom stereocenters. The highest BCUT2D eigenvalue weighted by Gasteiger charge is 2.29. The van der Waals surface area contributed by atoms with Gasteiger partial charge in [-0.15, -0.1) is 24.8 Å². The highest BCUT2D eigenvalue weighted by molar-refractivity contribution is 5.85. The van der Waals surface area contributed by atoms with Crippen LogP contribution in [0.1, 0.15) is 39.0 Å². The third-order valence-electron chi connectivity index (χ3n) is 4.49.